The molecule has 0 radical (unpaired) electrons. The molecule has 1 saturated heterocycles. The number of hydrogen-bond donors (Lipinski definition) is 2. The topological polar surface area (TPSA) is 108 Å². The zero-order valence-corrected chi connectivity index (χ0v) is 20.1. The number of ketones is 1. The highest BCUT2D eigenvalue weighted by atomic mass is 16.5. The number of carbonyl (C=O) groups excluding carboxylic acids is 1. The molecule has 35 heavy (non-hydrogen) atoms. The van der Waals surface area contributed by atoms with Crippen molar-refractivity contribution in [2.75, 3.05) is 38.2 Å². The number of anilines is 1. The van der Waals surface area contributed by atoms with Gasteiger partial charge in [0.2, 0.25) is 5.95 Å². The van der Waals surface area contributed by atoms with Crippen LogP contribution in [0.3, 0.4) is 0 Å². The van der Waals surface area contributed by atoms with Crippen molar-refractivity contribution < 1.29 is 9.53 Å². The largest absolute Gasteiger partial charge is 0.497 e. The quantitative estimate of drug-likeness (QED) is 0.344. The third-order valence-corrected chi connectivity index (χ3v) is 6.20. The van der Waals surface area contributed by atoms with Crippen LogP contribution in [0, 0.1) is 5.41 Å². The fraction of sp³-hybridized carbons (Fsp3) is 0.333. The van der Waals surface area contributed by atoms with Crippen LogP contribution in [0.2, 0.25) is 0 Å². The molecule has 1 aromatic heterocycles. The van der Waals surface area contributed by atoms with E-state index in [0.717, 1.165) is 61.1 Å². The molecule has 3 aromatic rings. The molecule has 1 fully saturated rings. The molecule has 8 heteroatoms. The van der Waals surface area contributed by atoms with Crippen LogP contribution in [0.15, 0.2) is 60.9 Å². The molecule has 0 spiro atoms. The standard InChI is InChI=1S/C27H32N6O2/c1-35-25-9-6-21(7-10-25)19-32-11-13-33(14-12-32)27-30-17-23(18-31-27)22-4-2-3-20(15-22)5-8-24(34)16-26(28)29/h2-4,6-7,9-10,15,17-18H,5,8,11-14,16,19H2,1H3,(H3,28,29). The maximum atomic E-state index is 11.9. The van der Waals surface area contributed by atoms with Crippen LogP contribution < -0.4 is 15.4 Å². The first kappa shape index (κ1) is 24.3. The number of aromatic nitrogens is 2. The Bertz CT molecular complexity index is 1140. The predicted octanol–water partition coefficient (Wildman–Crippen LogP) is 3.30. The van der Waals surface area contributed by atoms with Crippen molar-refractivity contribution in [3.8, 4) is 16.9 Å². The molecule has 3 N–H and O–H groups in total. The average molecular weight is 473 g/mol. The summed E-state index contributed by atoms with van der Waals surface area (Å²) < 4.78 is 5.24. The van der Waals surface area contributed by atoms with Crippen molar-refractivity contribution in [1.82, 2.24) is 14.9 Å². The first-order chi connectivity index (χ1) is 17.0. The van der Waals surface area contributed by atoms with Gasteiger partial charge in [-0.25, -0.2) is 9.97 Å². The number of hydrogen-bond acceptors (Lipinski definition) is 7. The SMILES string of the molecule is COc1ccc(CN2CCN(c3ncc(-c4cccc(CCC(=O)CC(=N)N)c4)cn3)CC2)cc1. The lowest BCUT2D eigenvalue weighted by Gasteiger charge is -2.34. The third-order valence-electron chi connectivity index (χ3n) is 6.20. The number of piperazine rings is 1. The van der Waals surface area contributed by atoms with Crippen LogP contribution in [0.4, 0.5) is 5.95 Å². The number of methoxy groups -OCH3 is 1. The van der Waals surface area contributed by atoms with Crippen molar-refractivity contribution >= 4 is 17.6 Å². The second-order valence-corrected chi connectivity index (χ2v) is 8.82. The van der Waals surface area contributed by atoms with Gasteiger partial charge in [-0.15, -0.1) is 0 Å². The Labute approximate surface area is 206 Å². The summed E-state index contributed by atoms with van der Waals surface area (Å²) in [7, 11) is 1.68. The van der Waals surface area contributed by atoms with E-state index in [1.165, 1.54) is 5.56 Å². The summed E-state index contributed by atoms with van der Waals surface area (Å²) in [6, 6.07) is 16.3. The Morgan fingerprint density at radius 2 is 1.71 bits per heavy atom. The predicted molar refractivity (Wildman–Crippen MR) is 138 cm³/mol. The van der Waals surface area contributed by atoms with Crippen LogP contribution in [0.5, 0.6) is 5.75 Å². The van der Waals surface area contributed by atoms with Gasteiger partial charge in [0.05, 0.1) is 19.4 Å². The highest BCUT2D eigenvalue weighted by Gasteiger charge is 2.19. The molecule has 0 unspecified atom stereocenters. The van der Waals surface area contributed by atoms with E-state index >= 15 is 0 Å². The summed E-state index contributed by atoms with van der Waals surface area (Å²) in [5.74, 6) is 1.54. The van der Waals surface area contributed by atoms with Crippen molar-refractivity contribution in [1.29, 1.82) is 5.41 Å². The molecular formula is C27H32N6O2. The number of aryl methyl sites for hydroxylation is 1. The van der Waals surface area contributed by atoms with Crippen LogP contribution in [-0.2, 0) is 17.8 Å². The second-order valence-electron chi connectivity index (χ2n) is 8.82. The first-order valence-electron chi connectivity index (χ1n) is 11.9. The van der Waals surface area contributed by atoms with Gasteiger partial charge in [-0.05, 0) is 35.2 Å². The summed E-state index contributed by atoms with van der Waals surface area (Å²) in [6.45, 7) is 4.62. The summed E-state index contributed by atoms with van der Waals surface area (Å²) >= 11 is 0. The van der Waals surface area contributed by atoms with Gasteiger partial charge >= 0.3 is 0 Å². The maximum absolute atomic E-state index is 11.9. The number of benzene rings is 2. The van der Waals surface area contributed by atoms with Crippen LogP contribution in [0.1, 0.15) is 24.0 Å². The van der Waals surface area contributed by atoms with E-state index in [4.69, 9.17) is 15.9 Å². The number of Topliss-reactive ketones (excluding diaryl/α,β-unsaturated/α-hetero) is 1. The van der Waals surface area contributed by atoms with Gasteiger partial charge in [-0.2, -0.15) is 0 Å². The zero-order valence-electron chi connectivity index (χ0n) is 20.1. The normalized spacial score (nSPS) is 14.0. The van der Waals surface area contributed by atoms with E-state index in [0.29, 0.717) is 12.8 Å². The number of rotatable bonds is 10. The molecule has 8 nitrogen and oxygen atoms in total. The maximum Gasteiger partial charge on any atom is 0.225 e. The Morgan fingerprint density at radius 3 is 2.37 bits per heavy atom. The van der Waals surface area contributed by atoms with Gasteiger partial charge in [0.1, 0.15) is 11.5 Å². The summed E-state index contributed by atoms with van der Waals surface area (Å²) in [5.41, 5.74) is 9.64. The Balaban J connectivity index is 1.30. The van der Waals surface area contributed by atoms with Crippen molar-refractivity contribution in [2.24, 2.45) is 5.73 Å². The van der Waals surface area contributed by atoms with Crippen molar-refractivity contribution in [3.05, 3.63) is 72.1 Å². The van der Waals surface area contributed by atoms with Gasteiger partial charge in [0.25, 0.3) is 0 Å². The molecule has 0 aliphatic carbocycles. The van der Waals surface area contributed by atoms with E-state index in [1.54, 1.807) is 7.11 Å². The van der Waals surface area contributed by atoms with E-state index in [-0.39, 0.29) is 18.0 Å². The number of amidine groups is 1. The zero-order chi connectivity index (χ0) is 24.6. The second kappa shape index (κ2) is 11.6. The van der Waals surface area contributed by atoms with Crippen LogP contribution >= 0.6 is 0 Å². The van der Waals surface area contributed by atoms with Crippen molar-refractivity contribution in [2.45, 2.75) is 25.8 Å². The third kappa shape index (κ3) is 6.86. The lowest BCUT2D eigenvalue weighted by molar-refractivity contribution is -0.117. The Kier molecular flexibility index (Phi) is 8.05. The molecule has 0 amide bonds. The minimum atomic E-state index is -0.0837. The van der Waals surface area contributed by atoms with Gasteiger partial charge < -0.3 is 15.4 Å². The molecular weight excluding hydrogens is 440 g/mol. The minimum Gasteiger partial charge on any atom is -0.497 e. The summed E-state index contributed by atoms with van der Waals surface area (Å²) in [5, 5.41) is 7.25. The van der Waals surface area contributed by atoms with Gasteiger partial charge in [0, 0.05) is 57.1 Å². The van der Waals surface area contributed by atoms with E-state index < -0.39 is 0 Å². The summed E-state index contributed by atoms with van der Waals surface area (Å²) in [4.78, 5) is 25.8. The van der Waals surface area contributed by atoms with Crippen LogP contribution in [-0.4, -0.2) is 59.8 Å². The Morgan fingerprint density at radius 1 is 1.00 bits per heavy atom. The number of ether oxygens (including phenoxy) is 1. The lowest BCUT2D eigenvalue weighted by atomic mass is 10.0. The lowest BCUT2D eigenvalue weighted by Crippen LogP contribution is -2.46. The molecule has 1 aliphatic heterocycles. The monoisotopic (exact) mass is 472 g/mol. The number of nitrogens with two attached hydrogens (primary N) is 1. The van der Waals surface area contributed by atoms with Gasteiger partial charge in [-0.3, -0.25) is 15.1 Å². The van der Waals surface area contributed by atoms with Gasteiger partial charge in [-0.1, -0.05) is 36.4 Å². The number of carbonyl (C=O) groups is 1. The molecule has 2 aromatic carbocycles. The molecule has 0 atom stereocenters. The Hall–Kier alpha value is -3.78. The highest BCUT2D eigenvalue weighted by molar-refractivity contribution is 5.98. The number of nitrogens with one attached hydrogen (secondary N) is 1. The fourth-order valence-corrected chi connectivity index (χ4v) is 4.22. The van der Waals surface area contributed by atoms with Crippen molar-refractivity contribution in [3.63, 3.8) is 0 Å². The fourth-order valence-electron chi connectivity index (χ4n) is 4.22. The molecule has 1 aliphatic rings. The minimum absolute atomic E-state index is 0.0142. The smallest absolute Gasteiger partial charge is 0.225 e. The highest BCUT2D eigenvalue weighted by Crippen LogP contribution is 2.22. The van der Waals surface area contributed by atoms with Gasteiger partial charge in [0.15, 0.2) is 0 Å². The number of nitrogens with zero attached hydrogens (tertiary/aromatic N) is 4. The molecule has 0 bridgehead atoms. The molecule has 4 rings (SSSR count). The molecule has 182 valence electrons. The molecule has 2 heterocycles. The van der Waals surface area contributed by atoms with E-state index in [2.05, 4.69) is 38.0 Å². The van der Waals surface area contributed by atoms with E-state index in [9.17, 15) is 4.79 Å². The average Bonchev–Trinajstić information content (AvgIpc) is 2.88. The first-order valence-corrected chi connectivity index (χ1v) is 11.9. The van der Waals surface area contributed by atoms with Crippen LogP contribution in [0.25, 0.3) is 11.1 Å². The summed E-state index contributed by atoms with van der Waals surface area (Å²) in [6.07, 6.45) is 4.76. The molecule has 0 saturated carbocycles. The van der Waals surface area contributed by atoms with E-state index in [1.807, 2.05) is 42.7 Å².